The summed E-state index contributed by atoms with van der Waals surface area (Å²) in [5.41, 5.74) is 0.282. The second kappa shape index (κ2) is 7.26. The lowest BCUT2D eigenvalue weighted by molar-refractivity contribution is 0.321. The zero-order valence-electron chi connectivity index (χ0n) is 6.76. The summed E-state index contributed by atoms with van der Waals surface area (Å²) in [6.45, 7) is 0. The molecule has 0 unspecified atom stereocenters. The third-order valence-corrected chi connectivity index (χ3v) is 1.10. The maximum absolute atomic E-state index is 12.6. The van der Waals surface area contributed by atoms with Crippen LogP contribution in [0.5, 0.6) is 0 Å². The normalized spacial score (nSPS) is 9.15. The number of hydrogen-bond donors (Lipinski definition) is 3. The number of oxime groups is 1. The highest BCUT2D eigenvalue weighted by Gasteiger charge is 1.94. The van der Waals surface area contributed by atoms with Gasteiger partial charge in [-0.05, 0) is 6.07 Å². The van der Waals surface area contributed by atoms with Crippen molar-refractivity contribution < 1.29 is 19.6 Å². The minimum Gasteiger partial charge on any atom is -0.430 e. The summed E-state index contributed by atoms with van der Waals surface area (Å²) in [7, 11) is -0.750. The van der Waals surface area contributed by atoms with Crippen molar-refractivity contribution in [1.29, 1.82) is 0 Å². The van der Waals surface area contributed by atoms with Gasteiger partial charge in [-0.3, -0.25) is 0 Å². The highest BCUT2D eigenvalue weighted by Crippen LogP contribution is 2.02. The molecule has 1 aromatic carbocycles. The van der Waals surface area contributed by atoms with Crippen LogP contribution in [0.4, 0.5) is 4.39 Å². The van der Waals surface area contributed by atoms with E-state index in [4.69, 9.17) is 15.3 Å². The summed E-state index contributed by atoms with van der Waals surface area (Å²) in [5.74, 6) is -0.389. The van der Waals surface area contributed by atoms with Crippen LogP contribution >= 0.6 is 0 Å². The fourth-order valence-electron chi connectivity index (χ4n) is 0.642. The Labute approximate surface area is 75.3 Å². The molecule has 3 N–H and O–H groups in total. The van der Waals surface area contributed by atoms with Crippen LogP contribution in [0.3, 0.4) is 0 Å². The molecule has 1 rings (SSSR count). The average molecular weight is 185 g/mol. The number of benzene rings is 1. The standard InChI is InChI=1S/C7H6FNO.BH3O2/c8-7-4-2-1-3-6(7)5-9-10;2-1-3/h1-5,10H;1-3H. The lowest BCUT2D eigenvalue weighted by Crippen LogP contribution is -1.85. The Morgan fingerprint density at radius 2 is 1.85 bits per heavy atom. The zero-order valence-corrected chi connectivity index (χ0v) is 6.76. The molecule has 0 spiro atoms. The summed E-state index contributed by atoms with van der Waals surface area (Å²) >= 11 is 0. The first-order valence-corrected chi connectivity index (χ1v) is 3.40. The van der Waals surface area contributed by atoms with Gasteiger partial charge in [-0.15, -0.1) is 0 Å². The van der Waals surface area contributed by atoms with Gasteiger partial charge in [0.15, 0.2) is 0 Å². The van der Waals surface area contributed by atoms with E-state index in [9.17, 15) is 4.39 Å². The van der Waals surface area contributed by atoms with Crippen molar-refractivity contribution in [3.63, 3.8) is 0 Å². The predicted octanol–water partition coefficient (Wildman–Crippen LogP) is -0.129. The van der Waals surface area contributed by atoms with E-state index in [0.717, 1.165) is 6.21 Å². The topological polar surface area (TPSA) is 73.0 Å². The van der Waals surface area contributed by atoms with Gasteiger partial charge in [0.1, 0.15) is 5.82 Å². The molecule has 0 aliphatic carbocycles. The lowest BCUT2D eigenvalue weighted by atomic mass is 10.2. The van der Waals surface area contributed by atoms with Crippen molar-refractivity contribution in [3.8, 4) is 0 Å². The molecule has 0 amide bonds. The first kappa shape index (κ1) is 11.6. The van der Waals surface area contributed by atoms with E-state index in [1.54, 1.807) is 12.1 Å². The molecule has 0 heterocycles. The van der Waals surface area contributed by atoms with E-state index < -0.39 is 7.69 Å². The molecule has 6 heteroatoms. The smallest absolute Gasteiger partial charge is 0.430 e. The zero-order chi connectivity index (χ0) is 10.1. The monoisotopic (exact) mass is 185 g/mol. The molecule has 13 heavy (non-hydrogen) atoms. The molecule has 0 aromatic heterocycles. The van der Waals surface area contributed by atoms with Crippen molar-refractivity contribution >= 4 is 13.9 Å². The van der Waals surface area contributed by atoms with Gasteiger partial charge in [0, 0.05) is 5.56 Å². The van der Waals surface area contributed by atoms with Crippen molar-refractivity contribution in [2.45, 2.75) is 0 Å². The van der Waals surface area contributed by atoms with Gasteiger partial charge in [-0.1, -0.05) is 23.4 Å². The minimum absolute atomic E-state index is 0.282. The van der Waals surface area contributed by atoms with Gasteiger partial charge in [0.2, 0.25) is 0 Å². The van der Waals surface area contributed by atoms with Gasteiger partial charge in [-0.25, -0.2) is 4.39 Å². The quantitative estimate of drug-likeness (QED) is 0.247. The lowest BCUT2D eigenvalue weighted by Gasteiger charge is -1.90. The highest BCUT2D eigenvalue weighted by atomic mass is 19.1. The fourth-order valence-corrected chi connectivity index (χ4v) is 0.642. The van der Waals surface area contributed by atoms with Crippen LogP contribution in [0, 0.1) is 5.82 Å². The minimum atomic E-state index is -0.750. The Kier molecular flexibility index (Phi) is 6.49. The molecule has 1 aromatic rings. The summed E-state index contributed by atoms with van der Waals surface area (Å²) < 4.78 is 12.6. The first-order valence-electron chi connectivity index (χ1n) is 3.40. The van der Waals surface area contributed by atoms with Crippen LogP contribution in [0.15, 0.2) is 29.4 Å². The highest BCUT2D eigenvalue weighted by molar-refractivity contribution is 6.13. The van der Waals surface area contributed by atoms with E-state index in [2.05, 4.69) is 5.16 Å². The van der Waals surface area contributed by atoms with Crippen LogP contribution in [-0.4, -0.2) is 29.2 Å². The van der Waals surface area contributed by atoms with Crippen molar-refractivity contribution in [1.82, 2.24) is 0 Å². The molecule has 0 saturated carbocycles. The van der Waals surface area contributed by atoms with Gasteiger partial charge in [0.25, 0.3) is 0 Å². The van der Waals surface area contributed by atoms with Gasteiger partial charge >= 0.3 is 7.69 Å². The van der Waals surface area contributed by atoms with Crippen molar-refractivity contribution in [2.24, 2.45) is 5.16 Å². The molecular formula is C7H9BFNO3. The number of hydrogen-bond acceptors (Lipinski definition) is 4. The van der Waals surface area contributed by atoms with Crippen molar-refractivity contribution in [2.75, 3.05) is 0 Å². The second-order valence-corrected chi connectivity index (χ2v) is 1.91. The van der Waals surface area contributed by atoms with Gasteiger partial charge in [0.05, 0.1) is 6.21 Å². The Bertz CT molecular complexity index is 270. The number of rotatable bonds is 1. The van der Waals surface area contributed by atoms with Crippen LogP contribution in [0.1, 0.15) is 5.56 Å². The molecule has 4 nitrogen and oxygen atoms in total. The molecule has 0 bridgehead atoms. The molecule has 0 fully saturated rings. The van der Waals surface area contributed by atoms with Crippen molar-refractivity contribution in [3.05, 3.63) is 35.6 Å². The van der Waals surface area contributed by atoms with Crippen LogP contribution in [-0.2, 0) is 0 Å². The SMILES string of the molecule is OBO.ON=Cc1ccccc1F. The summed E-state index contributed by atoms with van der Waals surface area (Å²) in [6.07, 6.45) is 1.05. The Hall–Kier alpha value is -1.40. The van der Waals surface area contributed by atoms with Crippen LogP contribution < -0.4 is 0 Å². The second-order valence-electron chi connectivity index (χ2n) is 1.91. The molecule has 0 aliphatic rings. The molecule has 70 valence electrons. The van der Waals surface area contributed by atoms with E-state index in [-0.39, 0.29) is 11.4 Å². The van der Waals surface area contributed by atoms with E-state index >= 15 is 0 Å². The Morgan fingerprint density at radius 1 is 1.31 bits per heavy atom. The van der Waals surface area contributed by atoms with Crippen LogP contribution in [0.25, 0.3) is 0 Å². The van der Waals surface area contributed by atoms with E-state index in [1.165, 1.54) is 12.1 Å². The Balaban J connectivity index is 0.000000424. The maximum atomic E-state index is 12.6. The summed E-state index contributed by atoms with van der Waals surface area (Å²) in [4.78, 5) is 0. The average Bonchev–Trinajstić information content (AvgIpc) is 2.11. The Morgan fingerprint density at radius 3 is 2.31 bits per heavy atom. The summed E-state index contributed by atoms with van der Waals surface area (Å²) in [6, 6.07) is 6.07. The van der Waals surface area contributed by atoms with Crippen LogP contribution in [0.2, 0.25) is 0 Å². The first-order chi connectivity index (χ1) is 6.26. The third-order valence-electron chi connectivity index (χ3n) is 1.10. The van der Waals surface area contributed by atoms with E-state index in [1.807, 2.05) is 0 Å². The maximum Gasteiger partial charge on any atom is 0.432 e. The predicted molar refractivity (Wildman–Crippen MR) is 47.4 cm³/mol. The number of nitrogens with zero attached hydrogens (tertiary/aromatic N) is 1. The fraction of sp³-hybridized carbons (Fsp3) is 0. The third kappa shape index (κ3) is 4.94. The number of halogens is 1. The molecule has 0 aliphatic heterocycles. The van der Waals surface area contributed by atoms with Gasteiger partial charge < -0.3 is 15.3 Å². The largest absolute Gasteiger partial charge is 0.432 e. The molecule has 0 saturated heterocycles. The van der Waals surface area contributed by atoms with Gasteiger partial charge in [-0.2, -0.15) is 0 Å². The molecule has 0 radical (unpaired) electrons. The van der Waals surface area contributed by atoms with E-state index in [0.29, 0.717) is 0 Å². The summed E-state index contributed by atoms with van der Waals surface area (Å²) in [5, 5.41) is 25.0. The molecular weight excluding hydrogens is 176 g/mol. The molecule has 0 atom stereocenters.